The minimum atomic E-state index is -0.526. The van der Waals surface area contributed by atoms with E-state index in [0.29, 0.717) is 31.1 Å². The molecule has 0 aliphatic carbocycles. The highest BCUT2D eigenvalue weighted by atomic mass is 16.6. The molecule has 2 rings (SSSR count). The minimum Gasteiger partial charge on any atom is -0.491 e. The van der Waals surface area contributed by atoms with E-state index in [1.807, 2.05) is 20.8 Å². The number of para-hydroxylation sites is 1. The molecule has 0 saturated carbocycles. The lowest BCUT2D eigenvalue weighted by Gasteiger charge is -2.28. The van der Waals surface area contributed by atoms with E-state index < -0.39 is 11.6 Å². The molecule has 0 aromatic heterocycles. The number of likely N-dealkylation sites (tertiary alicyclic amines) is 1. The van der Waals surface area contributed by atoms with Gasteiger partial charge in [-0.2, -0.15) is 0 Å². The van der Waals surface area contributed by atoms with Gasteiger partial charge < -0.3 is 19.1 Å². The summed E-state index contributed by atoms with van der Waals surface area (Å²) < 4.78 is 16.4. The second kappa shape index (κ2) is 8.23. The Bertz CT molecular complexity index is 608. The van der Waals surface area contributed by atoms with E-state index in [4.69, 9.17) is 14.2 Å². The monoisotopic (exact) mass is 349 g/mol. The Morgan fingerprint density at radius 1 is 1.24 bits per heavy atom. The maximum absolute atomic E-state index is 12.3. The smallest absolute Gasteiger partial charge is 0.410 e. The van der Waals surface area contributed by atoms with Crippen LogP contribution in [-0.4, -0.2) is 48.4 Å². The summed E-state index contributed by atoms with van der Waals surface area (Å²) in [6.45, 7) is 8.59. The third kappa shape index (κ3) is 5.37. The molecule has 0 spiro atoms. The van der Waals surface area contributed by atoms with Gasteiger partial charge in [0.25, 0.3) is 0 Å². The SMILES string of the molecule is CCOC(=O)c1ccccc1OCC1CCCN1C(=O)OC(C)(C)C. The molecule has 25 heavy (non-hydrogen) atoms. The van der Waals surface area contributed by atoms with Gasteiger partial charge in [0.05, 0.1) is 12.6 Å². The quantitative estimate of drug-likeness (QED) is 0.759. The van der Waals surface area contributed by atoms with Crippen LogP contribution in [0.5, 0.6) is 5.75 Å². The van der Waals surface area contributed by atoms with Gasteiger partial charge in [-0.15, -0.1) is 0 Å². The minimum absolute atomic E-state index is 0.0647. The van der Waals surface area contributed by atoms with Crippen LogP contribution in [0.3, 0.4) is 0 Å². The molecule has 1 atom stereocenters. The summed E-state index contributed by atoms with van der Waals surface area (Å²) in [5.41, 5.74) is -0.132. The molecule has 1 unspecified atom stereocenters. The lowest BCUT2D eigenvalue weighted by molar-refractivity contribution is 0.0185. The summed E-state index contributed by atoms with van der Waals surface area (Å²) in [6, 6.07) is 6.91. The fourth-order valence-electron chi connectivity index (χ4n) is 2.73. The summed E-state index contributed by atoms with van der Waals surface area (Å²) in [7, 11) is 0. The van der Waals surface area contributed by atoms with Gasteiger partial charge in [0.1, 0.15) is 23.5 Å². The summed E-state index contributed by atoms with van der Waals surface area (Å²) in [4.78, 5) is 26.0. The van der Waals surface area contributed by atoms with Gasteiger partial charge in [-0.25, -0.2) is 9.59 Å². The highest BCUT2D eigenvalue weighted by Crippen LogP contribution is 2.24. The van der Waals surface area contributed by atoms with Gasteiger partial charge in [-0.1, -0.05) is 12.1 Å². The van der Waals surface area contributed by atoms with Crippen molar-refractivity contribution in [2.24, 2.45) is 0 Å². The molecular formula is C19H27NO5. The van der Waals surface area contributed by atoms with Crippen molar-refractivity contribution >= 4 is 12.1 Å². The first-order chi connectivity index (χ1) is 11.8. The van der Waals surface area contributed by atoms with Crippen molar-refractivity contribution in [3.05, 3.63) is 29.8 Å². The molecule has 1 aliphatic rings. The summed E-state index contributed by atoms with van der Waals surface area (Å²) in [5, 5.41) is 0. The second-order valence-electron chi connectivity index (χ2n) is 7.00. The number of benzene rings is 1. The van der Waals surface area contributed by atoms with Crippen molar-refractivity contribution in [2.75, 3.05) is 19.8 Å². The molecule has 1 aromatic rings. The molecule has 0 N–H and O–H groups in total. The first-order valence-corrected chi connectivity index (χ1v) is 8.70. The van der Waals surface area contributed by atoms with Crippen molar-refractivity contribution in [2.45, 2.75) is 52.2 Å². The van der Waals surface area contributed by atoms with Crippen LogP contribution in [0.15, 0.2) is 24.3 Å². The molecule has 1 fully saturated rings. The molecule has 1 amide bonds. The second-order valence-corrected chi connectivity index (χ2v) is 7.00. The lowest BCUT2D eigenvalue weighted by atomic mass is 10.2. The van der Waals surface area contributed by atoms with E-state index in [-0.39, 0.29) is 12.1 Å². The van der Waals surface area contributed by atoms with E-state index >= 15 is 0 Å². The van der Waals surface area contributed by atoms with Gasteiger partial charge in [0.15, 0.2) is 0 Å². The third-order valence-corrected chi connectivity index (χ3v) is 3.82. The molecule has 138 valence electrons. The van der Waals surface area contributed by atoms with Crippen molar-refractivity contribution in [3.8, 4) is 5.75 Å². The zero-order valence-electron chi connectivity index (χ0n) is 15.4. The number of carbonyl (C=O) groups is 2. The molecule has 0 radical (unpaired) electrons. The highest BCUT2D eigenvalue weighted by Gasteiger charge is 2.32. The van der Waals surface area contributed by atoms with Gasteiger partial charge in [-0.3, -0.25) is 0 Å². The van der Waals surface area contributed by atoms with E-state index in [2.05, 4.69) is 0 Å². The van der Waals surface area contributed by atoms with E-state index in [9.17, 15) is 9.59 Å². The summed E-state index contributed by atoms with van der Waals surface area (Å²) in [5.74, 6) is 0.0607. The van der Waals surface area contributed by atoms with Crippen molar-refractivity contribution < 1.29 is 23.8 Å². The first-order valence-electron chi connectivity index (χ1n) is 8.70. The molecule has 1 saturated heterocycles. The van der Waals surface area contributed by atoms with Crippen LogP contribution >= 0.6 is 0 Å². The Kier molecular flexibility index (Phi) is 6.28. The molecule has 0 bridgehead atoms. The molecule has 1 aliphatic heterocycles. The van der Waals surface area contributed by atoms with Crippen molar-refractivity contribution in [3.63, 3.8) is 0 Å². The van der Waals surface area contributed by atoms with Crippen LogP contribution in [-0.2, 0) is 9.47 Å². The first kappa shape index (κ1) is 19.1. The van der Waals surface area contributed by atoms with Crippen LogP contribution in [0.4, 0.5) is 4.79 Å². The fourth-order valence-corrected chi connectivity index (χ4v) is 2.73. The summed E-state index contributed by atoms with van der Waals surface area (Å²) >= 11 is 0. The number of hydrogen-bond acceptors (Lipinski definition) is 5. The summed E-state index contributed by atoms with van der Waals surface area (Å²) in [6.07, 6.45) is 1.44. The van der Waals surface area contributed by atoms with E-state index in [0.717, 1.165) is 12.8 Å². The molecule has 6 nitrogen and oxygen atoms in total. The van der Waals surface area contributed by atoms with Crippen LogP contribution in [0.1, 0.15) is 50.9 Å². The predicted molar refractivity (Wildman–Crippen MR) is 93.9 cm³/mol. The Morgan fingerprint density at radius 2 is 1.96 bits per heavy atom. The average Bonchev–Trinajstić information content (AvgIpc) is 3.00. The fraction of sp³-hybridized carbons (Fsp3) is 0.579. The van der Waals surface area contributed by atoms with Gasteiger partial charge in [0, 0.05) is 6.54 Å². The highest BCUT2D eigenvalue weighted by molar-refractivity contribution is 5.92. The average molecular weight is 349 g/mol. The van der Waals surface area contributed by atoms with Crippen molar-refractivity contribution in [1.82, 2.24) is 4.90 Å². The lowest BCUT2D eigenvalue weighted by Crippen LogP contribution is -2.42. The Labute approximate surface area is 149 Å². The van der Waals surface area contributed by atoms with Crippen LogP contribution in [0, 0.1) is 0 Å². The molecule has 1 aromatic carbocycles. The van der Waals surface area contributed by atoms with Crippen LogP contribution in [0.25, 0.3) is 0 Å². The molecule has 1 heterocycles. The number of carbonyl (C=O) groups excluding carboxylic acids is 2. The van der Waals surface area contributed by atoms with Crippen LogP contribution in [0.2, 0.25) is 0 Å². The number of ether oxygens (including phenoxy) is 3. The van der Waals surface area contributed by atoms with Gasteiger partial charge in [0.2, 0.25) is 0 Å². The molecule has 6 heteroatoms. The topological polar surface area (TPSA) is 65.1 Å². The molecular weight excluding hydrogens is 322 g/mol. The number of rotatable bonds is 5. The Balaban J connectivity index is 2.01. The van der Waals surface area contributed by atoms with Crippen molar-refractivity contribution in [1.29, 1.82) is 0 Å². The normalized spacial score (nSPS) is 17.3. The largest absolute Gasteiger partial charge is 0.491 e. The number of esters is 1. The predicted octanol–water partition coefficient (Wildman–Crippen LogP) is 3.64. The zero-order valence-corrected chi connectivity index (χ0v) is 15.4. The Morgan fingerprint density at radius 3 is 2.64 bits per heavy atom. The maximum Gasteiger partial charge on any atom is 0.410 e. The Hall–Kier alpha value is -2.24. The van der Waals surface area contributed by atoms with Gasteiger partial charge in [-0.05, 0) is 52.7 Å². The zero-order chi connectivity index (χ0) is 18.4. The maximum atomic E-state index is 12.3. The van der Waals surface area contributed by atoms with E-state index in [1.165, 1.54) is 0 Å². The number of nitrogens with zero attached hydrogens (tertiary/aromatic N) is 1. The third-order valence-electron chi connectivity index (χ3n) is 3.82. The number of hydrogen-bond donors (Lipinski definition) is 0. The standard InChI is InChI=1S/C19H27NO5/c1-5-23-17(21)15-10-6-7-11-16(15)24-13-14-9-8-12-20(14)18(22)25-19(2,3)4/h6-7,10-11,14H,5,8-9,12-13H2,1-4H3. The van der Waals surface area contributed by atoms with Crippen LogP contribution < -0.4 is 4.74 Å². The van der Waals surface area contributed by atoms with Gasteiger partial charge >= 0.3 is 12.1 Å². The number of amides is 1. The van der Waals surface area contributed by atoms with E-state index in [1.54, 1.807) is 36.1 Å².